The number of nitrogens with two attached hydrogens (primary N) is 1. The van der Waals surface area contributed by atoms with E-state index < -0.39 is 12.0 Å². The number of piperidine rings is 1. The second-order valence-electron chi connectivity index (χ2n) is 6.08. The van der Waals surface area contributed by atoms with Gasteiger partial charge in [-0.2, -0.15) is 0 Å². The summed E-state index contributed by atoms with van der Waals surface area (Å²) in [5.74, 6) is -0.803. The van der Waals surface area contributed by atoms with E-state index in [1.807, 2.05) is 13.8 Å². The number of likely N-dealkylation sites (tertiary alicyclic amines) is 1. The Morgan fingerprint density at radius 1 is 1.25 bits per heavy atom. The van der Waals surface area contributed by atoms with Crippen molar-refractivity contribution in [3.05, 3.63) is 29.8 Å². The van der Waals surface area contributed by atoms with Crippen molar-refractivity contribution in [2.45, 2.75) is 45.2 Å². The minimum atomic E-state index is -0.719. The Balaban J connectivity index is 1.95. The number of nitrogens with one attached hydrogen (secondary N) is 1. The lowest BCUT2D eigenvalue weighted by Crippen LogP contribution is -2.49. The van der Waals surface area contributed by atoms with Gasteiger partial charge >= 0.3 is 12.0 Å². The van der Waals surface area contributed by atoms with Gasteiger partial charge in [-0.15, -0.1) is 0 Å². The van der Waals surface area contributed by atoms with Crippen molar-refractivity contribution in [3.63, 3.8) is 0 Å². The summed E-state index contributed by atoms with van der Waals surface area (Å²) in [7, 11) is 0. The number of rotatable bonds is 4. The van der Waals surface area contributed by atoms with Crippen LogP contribution >= 0.6 is 0 Å². The van der Waals surface area contributed by atoms with Crippen LogP contribution in [0, 0.1) is 0 Å². The minimum Gasteiger partial charge on any atom is -0.452 e. The van der Waals surface area contributed by atoms with Crippen LogP contribution in [0.3, 0.4) is 0 Å². The normalized spacial score (nSPS) is 20.3. The molecule has 130 valence electrons. The van der Waals surface area contributed by atoms with Gasteiger partial charge in [-0.1, -0.05) is 6.07 Å². The molecule has 0 unspecified atom stereocenters. The molecule has 0 spiro atoms. The molecular formula is C17H23N3O4. The highest BCUT2D eigenvalue weighted by Crippen LogP contribution is 2.22. The Hall–Kier alpha value is -2.57. The molecule has 3 amide bonds. The zero-order valence-electron chi connectivity index (χ0n) is 14.0. The summed E-state index contributed by atoms with van der Waals surface area (Å²) in [6, 6.07) is 5.78. The van der Waals surface area contributed by atoms with Crippen molar-refractivity contribution in [1.29, 1.82) is 0 Å². The lowest BCUT2D eigenvalue weighted by atomic mass is 9.97. The standard InChI is InChI=1S/C17H23N3O4/c1-11-5-3-6-12(2)20(11)15(21)10-24-16(22)13-7-4-8-14(9-13)19-17(18)23/h4,7-9,11-12H,3,5-6,10H2,1-2H3,(H3,18,19,23)/t11-,12+. The number of anilines is 1. The molecule has 0 radical (unpaired) electrons. The molecule has 0 aliphatic carbocycles. The van der Waals surface area contributed by atoms with Gasteiger partial charge in [-0.3, -0.25) is 4.79 Å². The number of carbonyl (C=O) groups is 3. The van der Waals surface area contributed by atoms with E-state index >= 15 is 0 Å². The van der Waals surface area contributed by atoms with Gasteiger partial charge in [-0.25, -0.2) is 9.59 Å². The molecule has 0 bridgehead atoms. The molecule has 1 saturated heterocycles. The van der Waals surface area contributed by atoms with Crippen LogP contribution in [0.4, 0.5) is 10.5 Å². The summed E-state index contributed by atoms with van der Waals surface area (Å²) in [5, 5.41) is 2.38. The molecule has 24 heavy (non-hydrogen) atoms. The number of primary amides is 1. The molecule has 2 rings (SSSR count). The quantitative estimate of drug-likeness (QED) is 0.824. The molecular weight excluding hydrogens is 310 g/mol. The lowest BCUT2D eigenvalue weighted by Gasteiger charge is -2.38. The summed E-state index contributed by atoms with van der Waals surface area (Å²) >= 11 is 0. The molecule has 2 atom stereocenters. The van der Waals surface area contributed by atoms with Crippen molar-refractivity contribution >= 4 is 23.6 Å². The third kappa shape index (κ3) is 4.47. The van der Waals surface area contributed by atoms with Crippen LogP contribution in [-0.2, 0) is 9.53 Å². The maximum absolute atomic E-state index is 12.3. The number of hydrogen-bond acceptors (Lipinski definition) is 4. The molecule has 0 saturated carbocycles. The van der Waals surface area contributed by atoms with Crippen LogP contribution in [0.25, 0.3) is 0 Å². The predicted octanol–water partition coefficient (Wildman–Crippen LogP) is 2.12. The second-order valence-corrected chi connectivity index (χ2v) is 6.08. The highest BCUT2D eigenvalue weighted by Gasteiger charge is 2.29. The van der Waals surface area contributed by atoms with E-state index in [2.05, 4.69) is 5.32 Å². The topological polar surface area (TPSA) is 102 Å². The molecule has 1 heterocycles. The number of benzene rings is 1. The molecule has 7 heteroatoms. The number of urea groups is 1. The van der Waals surface area contributed by atoms with Crippen molar-refractivity contribution < 1.29 is 19.1 Å². The van der Waals surface area contributed by atoms with Gasteiger partial charge in [0.05, 0.1) is 5.56 Å². The summed E-state index contributed by atoms with van der Waals surface area (Å²) in [6.07, 6.45) is 3.03. The molecule has 1 aromatic carbocycles. The maximum atomic E-state index is 12.3. The average Bonchev–Trinajstić information content (AvgIpc) is 2.52. The van der Waals surface area contributed by atoms with E-state index in [1.54, 1.807) is 23.1 Å². The molecule has 1 aliphatic rings. The Labute approximate surface area is 141 Å². The Kier molecular flexibility index (Phi) is 5.78. The highest BCUT2D eigenvalue weighted by atomic mass is 16.5. The number of esters is 1. The summed E-state index contributed by atoms with van der Waals surface area (Å²) < 4.78 is 5.13. The van der Waals surface area contributed by atoms with Crippen molar-refractivity contribution in [1.82, 2.24) is 4.90 Å². The van der Waals surface area contributed by atoms with Gasteiger partial charge in [0.25, 0.3) is 5.91 Å². The SMILES string of the molecule is C[C@@H]1CCC[C@H](C)N1C(=O)COC(=O)c1cccc(NC(N)=O)c1. The number of carbonyl (C=O) groups excluding carboxylic acids is 3. The van der Waals surface area contributed by atoms with Crippen LogP contribution in [0.1, 0.15) is 43.5 Å². The lowest BCUT2D eigenvalue weighted by molar-refractivity contribution is -0.140. The van der Waals surface area contributed by atoms with Crippen LogP contribution in [0.2, 0.25) is 0 Å². The molecule has 0 aromatic heterocycles. The molecule has 1 fully saturated rings. The molecule has 7 nitrogen and oxygen atoms in total. The number of amides is 3. The van der Waals surface area contributed by atoms with E-state index in [0.29, 0.717) is 5.69 Å². The van der Waals surface area contributed by atoms with Crippen LogP contribution in [0.5, 0.6) is 0 Å². The first-order chi connectivity index (χ1) is 11.4. The monoisotopic (exact) mass is 333 g/mol. The number of nitrogens with zero attached hydrogens (tertiary/aromatic N) is 1. The number of hydrogen-bond donors (Lipinski definition) is 2. The van der Waals surface area contributed by atoms with Crippen molar-refractivity contribution in [3.8, 4) is 0 Å². The van der Waals surface area contributed by atoms with E-state index in [1.165, 1.54) is 6.07 Å². The predicted molar refractivity (Wildman–Crippen MR) is 89.6 cm³/mol. The first kappa shape index (κ1) is 17.8. The average molecular weight is 333 g/mol. The fourth-order valence-corrected chi connectivity index (χ4v) is 3.06. The smallest absolute Gasteiger partial charge is 0.338 e. The van der Waals surface area contributed by atoms with E-state index in [9.17, 15) is 14.4 Å². The van der Waals surface area contributed by atoms with Crippen LogP contribution < -0.4 is 11.1 Å². The molecule has 1 aromatic rings. The zero-order valence-corrected chi connectivity index (χ0v) is 14.0. The van der Waals surface area contributed by atoms with Gasteiger partial charge in [-0.05, 0) is 51.3 Å². The summed E-state index contributed by atoms with van der Waals surface area (Å²) in [5.41, 5.74) is 5.68. The second kappa shape index (κ2) is 7.81. The zero-order chi connectivity index (χ0) is 17.7. The largest absolute Gasteiger partial charge is 0.452 e. The highest BCUT2D eigenvalue weighted by molar-refractivity contribution is 5.94. The Morgan fingerprint density at radius 3 is 2.54 bits per heavy atom. The fraction of sp³-hybridized carbons (Fsp3) is 0.471. The van der Waals surface area contributed by atoms with E-state index in [-0.39, 0.29) is 30.2 Å². The first-order valence-electron chi connectivity index (χ1n) is 8.03. The summed E-state index contributed by atoms with van der Waals surface area (Å²) in [4.78, 5) is 37.1. The van der Waals surface area contributed by atoms with Gasteiger partial charge in [0.1, 0.15) is 0 Å². The molecule has 3 N–H and O–H groups in total. The fourth-order valence-electron chi connectivity index (χ4n) is 3.06. The first-order valence-corrected chi connectivity index (χ1v) is 8.03. The third-order valence-electron chi connectivity index (χ3n) is 4.17. The van der Waals surface area contributed by atoms with Gasteiger partial charge in [0, 0.05) is 17.8 Å². The Bertz CT molecular complexity index is 622. The van der Waals surface area contributed by atoms with Gasteiger partial charge in [0.15, 0.2) is 6.61 Å². The Morgan fingerprint density at radius 2 is 1.92 bits per heavy atom. The van der Waals surface area contributed by atoms with Crippen LogP contribution in [-0.4, -0.2) is 41.5 Å². The number of ether oxygens (including phenoxy) is 1. The summed E-state index contributed by atoms with van der Waals surface area (Å²) in [6.45, 7) is 3.73. The van der Waals surface area contributed by atoms with Crippen molar-refractivity contribution in [2.75, 3.05) is 11.9 Å². The van der Waals surface area contributed by atoms with Gasteiger partial charge in [0.2, 0.25) is 0 Å². The van der Waals surface area contributed by atoms with Crippen molar-refractivity contribution in [2.24, 2.45) is 5.73 Å². The third-order valence-corrected chi connectivity index (χ3v) is 4.17. The van der Waals surface area contributed by atoms with E-state index in [0.717, 1.165) is 19.3 Å². The van der Waals surface area contributed by atoms with E-state index in [4.69, 9.17) is 10.5 Å². The van der Waals surface area contributed by atoms with Gasteiger partial charge < -0.3 is 20.7 Å². The maximum Gasteiger partial charge on any atom is 0.338 e. The van der Waals surface area contributed by atoms with Crippen LogP contribution in [0.15, 0.2) is 24.3 Å². The minimum absolute atomic E-state index is 0.156. The molecule has 1 aliphatic heterocycles.